The third kappa shape index (κ3) is 4.79. The third-order valence-electron chi connectivity index (χ3n) is 9.88. The Labute approximate surface area is 307 Å². The molecule has 7 aromatic carbocycles. The van der Waals surface area contributed by atoms with E-state index in [4.69, 9.17) is 24.4 Å². The number of aromatic nitrogens is 5. The number of nitrogens with zero attached hydrogens (tertiary/aromatic N) is 5. The lowest BCUT2D eigenvalue weighted by Gasteiger charge is -2.10. The van der Waals surface area contributed by atoms with E-state index in [2.05, 4.69) is 114 Å². The van der Waals surface area contributed by atoms with Gasteiger partial charge >= 0.3 is 0 Å². The number of hydrogen-bond acceptors (Lipinski definition) is 6. The van der Waals surface area contributed by atoms with Gasteiger partial charge in [-0.05, 0) is 60.7 Å². The van der Waals surface area contributed by atoms with Gasteiger partial charge in [-0.15, -0.1) is 11.3 Å². The molecule has 0 bridgehead atoms. The summed E-state index contributed by atoms with van der Waals surface area (Å²) in [4.78, 5) is 20.5. The summed E-state index contributed by atoms with van der Waals surface area (Å²) in [7, 11) is 0. The Balaban J connectivity index is 1.14. The molecule has 4 aromatic heterocycles. The van der Waals surface area contributed by atoms with Gasteiger partial charge in [0.1, 0.15) is 17.0 Å². The Bertz CT molecular complexity index is 3180. The molecule has 0 aliphatic heterocycles. The van der Waals surface area contributed by atoms with Crippen LogP contribution in [0.5, 0.6) is 0 Å². The summed E-state index contributed by atoms with van der Waals surface area (Å²) in [5, 5.41) is 4.35. The molecule has 11 aromatic rings. The van der Waals surface area contributed by atoms with Crippen molar-refractivity contribution in [1.29, 1.82) is 0 Å². The number of fused-ring (bicyclic) bond motifs is 7. The van der Waals surface area contributed by atoms with E-state index >= 15 is 0 Å². The highest BCUT2D eigenvalue weighted by molar-refractivity contribution is 7.25. The van der Waals surface area contributed by atoms with E-state index < -0.39 is 0 Å². The lowest BCUT2D eigenvalue weighted by atomic mass is 10.0. The number of imidazole rings is 1. The molecule has 0 aliphatic rings. The first-order valence-electron chi connectivity index (χ1n) is 17.5. The number of thiophene rings is 1. The smallest absolute Gasteiger partial charge is 0.164 e. The summed E-state index contributed by atoms with van der Waals surface area (Å²) in [6.07, 6.45) is 0. The van der Waals surface area contributed by atoms with Gasteiger partial charge in [-0.2, -0.15) is 0 Å². The van der Waals surface area contributed by atoms with E-state index in [1.807, 2.05) is 54.6 Å². The molecule has 53 heavy (non-hydrogen) atoms. The second-order valence-corrected chi connectivity index (χ2v) is 14.1. The minimum Gasteiger partial charge on any atom is -0.455 e. The fourth-order valence-corrected chi connectivity index (χ4v) is 8.55. The van der Waals surface area contributed by atoms with Crippen LogP contribution in [0.3, 0.4) is 0 Å². The normalized spacial score (nSPS) is 11.8. The summed E-state index contributed by atoms with van der Waals surface area (Å²) in [6.45, 7) is 0. The number of hydrogen-bond donors (Lipinski definition) is 0. The zero-order valence-corrected chi connectivity index (χ0v) is 29.0. The van der Waals surface area contributed by atoms with Gasteiger partial charge in [0, 0.05) is 53.3 Å². The van der Waals surface area contributed by atoms with Gasteiger partial charge in [-0.3, -0.25) is 4.57 Å². The highest BCUT2D eigenvalue weighted by atomic mass is 32.1. The predicted octanol–water partition coefficient (Wildman–Crippen LogP) is 12.1. The van der Waals surface area contributed by atoms with E-state index in [0.29, 0.717) is 17.5 Å². The number of rotatable bonds is 5. The quantitative estimate of drug-likeness (QED) is 0.179. The minimum absolute atomic E-state index is 0.583. The molecule has 7 heteroatoms. The third-order valence-corrected chi connectivity index (χ3v) is 11.0. The number of para-hydroxylation sites is 4. The lowest BCUT2D eigenvalue weighted by molar-refractivity contribution is 0.669. The topological polar surface area (TPSA) is 69.6 Å². The van der Waals surface area contributed by atoms with Crippen molar-refractivity contribution in [3.8, 4) is 51.2 Å². The van der Waals surface area contributed by atoms with E-state index in [-0.39, 0.29) is 0 Å². The molecule has 11 rings (SSSR count). The van der Waals surface area contributed by atoms with Crippen LogP contribution in [0.15, 0.2) is 168 Å². The maximum absolute atomic E-state index is 6.77. The van der Waals surface area contributed by atoms with E-state index in [1.165, 1.54) is 20.2 Å². The second-order valence-electron chi connectivity index (χ2n) is 13.0. The van der Waals surface area contributed by atoms with Crippen LogP contribution in [0.2, 0.25) is 0 Å². The molecule has 0 unspecified atom stereocenters. The predicted molar refractivity (Wildman–Crippen MR) is 216 cm³/mol. The monoisotopic (exact) mass is 697 g/mol. The Morgan fingerprint density at radius 1 is 0.472 bits per heavy atom. The van der Waals surface area contributed by atoms with E-state index in [9.17, 15) is 0 Å². The van der Waals surface area contributed by atoms with Crippen LogP contribution in [0.25, 0.3) is 104 Å². The molecular weight excluding hydrogens is 671 g/mol. The maximum atomic E-state index is 6.77. The van der Waals surface area contributed by atoms with Gasteiger partial charge in [0.25, 0.3) is 0 Å². The SMILES string of the molecule is c1ccc(-c2nc(-c3ccc4sc5ccccc5c4c3)nc(-c3cccc4oc5c(-c6nc7ccccc7n6-c6ccccc6)cccc5c34)n2)cc1. The van der Waals surface area contributed by atoms with Crippen LogP contribution in [-0.4, -0.2) is 24.5 Å². The molecule has 0 saturated heterocycles. The van der Waals surface area contributed by atoms with Gasteiger partial charge in [0.05, 0.1) is 16.6 Å². The minimum atomic E-state index is 0.583. The van der Waals surface area contributed by atoms with Crippen molar-refractivity contribution in [3.05, 3.63) is 164 Å². The molecule has 0 aliphatic carbocycles. The van der Waals surface area contributed by atoms with Crippen LogP contribution in [0.4, 0.5) is 0 Å². The second kappa shape index (κ2) is 11.8. The maximum Gasteiger partial charge on any atom is 0.164 e. The van der Waals surface area contributed by atoms with Crippen molar-refractivity contribution in [3.63, 3.8) is 0 Å². The molecule has 0 atom stereocenters. The summed E-state index contributed by atoms with van der Waals surface area (Å²) in [5.74, 6) is 2.63. The molecule has 0 N–H and O–H groups in total. The van der Waals surface area contributed by atoms with Crippen LogP contribution in [-0.2, 0) is 0 Å². The van der Waals surface area contributed by atoms with Crippen molar-refractivity contribution in [2.45, 2.75) is 0 Å². The summed E-state index contributed by atoms with van der Waals surface area (Å²) < 4.78 is 11.5. The lowest BCUT2D eigenvalue weighted by Crippen LogP contribution is -2.00. The summed E-state index contributed by atoms with van der Waals surface area (Å²) in [5.41, 5.74) is 8.13. The molecule has 0 fully saturated rings. The number of benzene rings is 7. The van der Waals surface area contributed by atoms with Crippen LogP contribution in [0.1, 0.15) is 0 Å². The average molecular weight is 698 g/mol. The molecule has 0 saturated carbocycles. The molecule has 0 radical (unpaired) electrons. The Kier molecular flexibility index (Phi) is 6.62. The molecule has 0 spiro atoms. The first-order chi connectivity index (χ1) is 26.3. The Hall–Kier alpha value is -6.96. The van der Waals surface area contributed by atoms with Crippen LogP contribution in [0, 0.1) is 0 Å². The molecule has 4 heterocycles. The van der Waals surface area contributed by atoms with Crippen LogP contribution < -0.4 is 0 Å². The molecule has 6 nitrogen and oxygen atoms in total. The number of furan rings is 1. The highest BCUT2D eigenvalue weighted by Gasteiger charge is 2.22. The van der Waals surface area contributed by atoms with Crippen molar-refractivity contribution in [1.82, 2.24) is 24.5 Å². The highest BCUT2D eigenvalue weighted by Crippen LogP contribution is 2.42. The average Bonchev–Trinajstić information content (AvgIpc) is 3.92. The van der Waals surface area contributed by atoms with Gasteiger partial charge in [-0.1, -0.05) is 103 Å². The molecule has 248 valence electrons. The molecular formula is C46H27N5OS. The molecule has 0 amide bonds. The Morgan fingerprint density at radius 2 is 1.15 bits per heavy atom. The van der Waals surface area contributed by atoms with Crippen LogP contribution >= 0.6 is 11.3 Å². The van der Waals surface area contributed by atoms with Gasteiger partial charge < -0.3 is 4.42 Å². The van der Waals surface area contributed by atoms with Crippen molar-refractivity contribution < 1.29 is 4.42 Å². The standard InChI is InChI=1S/C46H27N5OS/c1-3-13-28(14-4-1)43-48-44(29-25-26-40-35(27-29)31-17-7-10-24-39(31)53-40)50-45(49-43)33-19-12-23-38-41(33)32-18-11-20-34(42(32)52-38)46-47-36-21-8-9-22-37(36)51(46)30-15-5-2-6-16-30/h1-27H. The first-order valence-corrected chi connectivity index (χ1v) is 18.3. The fourth-order valence-electron chi connectivity index (χ4n) is 7.46. The summed E-state index contributed by atoms with van der Waals surface area (Å²) in [6, 6.07) is 56.1. The Morgan fingerprint density at radius 3 is 2.04 bits per heavy atom. The summed E-state index contributed by atoms with van der Waals surface area (Å²) >= 11 is 1.80. The van der Waals surface area contributed by atoms with Crippen molar-refractivity contribution in [2.24, 2.45) is 0 Å². The first kappa shape index (κ1) is 29.7. The zero-order valence-electron chi connectivity index (χ0n) is 28.1. The van der Waals surface area contributed by atoms with Gasteiger partial charge in [0.2, 0.25) is 0 Å². The van der Waals surface area contributed by atoms with Crippen molar-refractivity contribution >= 4 is 64.5 Å². The van der Waals surface area contributed by atoms with Crippen molar-refractivity contribution in [2.75, 3.05) is 0 Å². The zero-order chi connectivity index (χ0) is 34.9. The van der Waals surface area contributed by atoms with E-state index in [1.54, 1.807) is 11.3 Å². The van der Waals surface area contributed by atoms with Gasteiger partial charge in [0.15, 0.2) is 17.5 Å². The fraction of sp³-hybridized carbons (Fsp3) is 0. The van der Waals surface area contributed by atoms with Gasteiger partial charge in [-0.25, -0.2) is 19.9 Å². The largest absolute Gasteiger partial charge is 0.455 e. The van der Waals surface area contributed by atoms with E-state index in [0.717, 1.165) is 66.7 Å².